The van der Waals surface area contributed by atoms with Crippen molar-refractivity contribution in [3.8, 4) is 66.9 Å². The molecule has 0 atom stereocenters. The summed E-state index contributed by atoms with van der Waals surface area (Å²) in [6, 6.07) is 44.4. The number of aromatic nitrogens is 3. The zero-order valence-corrected chi connectivity index (χ0v) is 21.7. The van der Waals surface area contributed by atoms with E-state index >= 15 is 0 Å². The summed E-state index contributed by atoms with van der Waals surface area (Å²) in [7, 11) is 0. The highest BCUT2D eigenvalue weighted by molar-refractivity contribution is 7.23. The number of benzene rings is 5. The van der Waals surface area contributed by atoms with E-state index in [1.54, 1.807) is 11.3 Å². The Bertz CT molecular complexity index is 1950. The molecule has 39 heavy (non-hydrogen) atoms. The Morgan fingerprint density at radius 1 is 0.385 bits per heavy atom. The van der Waals surface area contributed by atoms with E-state index in [4.69, 9.17) is 15.0 Å². The normalized spacial score (nSPS) is 11.6. The molecule has 1 aliphatic rings. The van der Waals surface area contributed by atoms with Crippen LogP contribution in [-0.4, -0.2) is 15.0 Å². The molecule has 0 bridgehead atoms. The van der Waals surface area contributed by atoms with E-state index in [2.05, 4.69) is 91.0 Å². The highest BCUT2D eigenvalue weighted by atomic mass is 32.1. The molecule has 7 aromatic rings. The van der Waals surface area contributed by atoms with Gasteiger partial charge >= 0.3 is 0 Å². The minimum absolute atomic E-state index is 0.675. The molecule has 4 heteroatoms. The van der Waals surface area contributed by atoms with Crippen LogP contribution >= 0.6 is 11.3 Å². The molecular formula is C35H21N3S. The maximum absolute atomic E-state index is 5.10. The van der Waals surface area contributed by atoms with Crippen molar-refractivity contribution in [1.82, 2.24) is 15.0 Å². The Balaban J connectivity index is 1.48. The zero-order valence-electron chi connectivity index (χ0n) is 20.9. The molecule has 0 aliphatic heterocycles. The van der Waals surface area contributed by atoms with Gasteiger partial charge in [0.15, 0.2) is 17.5 Å². The first-order valence-electron chi connectivity index (χ1n) is 13.0. The van der Waals surface area contributed by atoms with Gasteiger partial charge in [0.1, 0.15) is 0 Å². The predicted octanol–water partition coefficient (Wildman–Crippen LogP) is 9.40. The molecule has 0 spiro atoms. The molecule has 2 heterocycles. The van der Waals surface area contributed by atoms with Crippen LogP contribution in [0.1, 0.15) is 0 Å². The van der Waals surface area contributed by atoms with Crippen LogP contribution in [0, 0.1) is 0 Å². The van der Waals surface area contributed by atoms with Crippen molar-refractivity contribution < 1.29 is 0 Å². The van der Waals surface area contributed by atoms with Crippen LogP contribution < -0.4 is 0 Å². The van der Waals surface area contributed by atoms with Crippen molar-refractivity contribution in [2.24, 2.45) is 0 Å². The van der Waals surface area contributed by atoms with Gasteiger partial charge in [-0.1, -0.05) is 121 Å². The third kappa shape index (κ3) is 3.53. The first-order valence-corrected chi connectivity index (χ1v) is 13.8. The van der Waals surface area contributed by atoms with Crippen molar-refractivity contribution in [1.29, 1.82) is 0 Å². The van der Waals surface area contributed by atoms with Gasteiger partial charge in [-0.3, -0.25) is 0 Å². The van der Waals surface area contributed by atoms with Gasteiger partial charge in [0.05, 0.1) is 4.88 Å². The number of hydrogen-bond acceptors (Lipinski definition) is 4. The summed E-state index contributed by atoms with van der Waals surface area (Å²) in [6.07, 6.45) is 0. The number of nitrogens with zero attached hydrogens (tertiary/aromatic N) is 3. The SMILES string of the molecule is c1ccc(-c2nc(-c3ccccc3)nc(-c3sc4cccc5c4c3-c3ccccc3-c3ccccc3-5)n2)cc1. The minimum Gasteiger partial charge on any atom is -0.208 e. The first-order chi connectivity index (χ1) is 19.3. The summed E-state index contributed by atoms with van der Waals surface area (Å²) in [5.74, 6) is 2.05. The topological polar surface area (TPSA) is 38.7 Å². The third-order valence-corrected chi connectivity index (χ3v) is 8.47. The van der Waals surface area contributed by atoms with Gasteiger partial charge in [0, 0.05) is 26.8 Å². The summed E-state index contributed by atoms with van der Waals surface area (Å²) in [6.45, 7) is 0. The lowest BCUT2D eigenvalue weighted by Crippen LogP contribution is -2.00. The summed E-state index contributed by atoms with van der Waals surface area (Å²) < 4.78 is 1.23. The predicted molar refractivity (Wildman–Crippen MR) is 161 cm³/mol. The Morgan fingerprint density at radius 3 is 1.46 bits per heavy atom. The first kappa shape index (κ1) is 22.1. The van der Waals surface area contributed by atoms with E-state index in [-0.39, 0.29) is 0 Å². The fraction of sp³-hybridized carbons (Fsp3) is 0. The molecule has 0 saturated carbocycles. The Morgan fingerprint density at radius 2 is 0.846 bits per heavy atom. The van der Waals surface area contributed by atoms with Gasteiger partial charge in [-0.25, -0.2) is 15.0 Å². The van der Waals surface area contributed by atoms with Crippen molar-refractivity contribution in [2.75, 3.05) is 0 Å². The Hall–Kier alpha value is -4.93. The van der Waals surface area contributed by atoms with Gasteiger partial charge < -0.3 is 0 Å². The number of fused-ring (bicyclic) bond motifs is 5. The smallest absolute Gasteiger partial charge is 0.174 e. The van der Waals surface area contributed by atoms with E-state index < -0.39 is 0 Å². The molecule has 182 valence electrons. The van der Waals surface area contributed by atoms with Crippen molar-refractivity contribution >= 4 is 21.4 Å². The van der Waals surface area contributed by atoms with E-state index in [1.807, 2.05) is 36.4 Å². The lowest BCUT2D eigenvalue weighted by Gasteiger charge is -2.12. The second-order valence-electron chi connectivity index (χ2n) is 9.61. The molecule has 5 aromatic carbocycles. The lowest BCUT2D eigenvalue weighted by molar-refractivity contribution is 1.08. The molecule has 1 aliphatic carbocycles. The van der Waals surface area contributed by atoms with E-state index in [0.29, 0.717) is 17.5 Å². The van der Waals surface area contributed by atoms with Crippen molar-refractivity contribution in [3.63, 3.8) is 0 Å². The fourth-order valence-corrected chi connectivity index (χ4v) is 6.76. The number of thiophene rings is 1. The largest absolute Gasteiger partial charge is 0.208 e. The van der Waals surface area contributed by atoms with Gasteiger partial charge in [-0.15, -0.1) is 11.3 Å². The highest BCUT2D eigenvalue weighted by Crippen LogP contribution is 2.53. The fourth-order valence-electron chi connectivity index (χ4n) is 5.59. The van der Waals surface area contributed by atoms with Crippen LogP contribution in [0.25, 0.3) is 76.9 Å². The molecular weight excluding hydrogens is 494 g/mol. The average molecular weight is 516 g/mol. The average Bonchev–Trinajstić information content (AvgIpc) is 3.36. The standard InChI is InChI=1S/C35H21N3S/c1-3-12-22(13-4-1)33-36-34(23-14-5-2-6-15-23)38-35(37-33)32-31-28-19-10-9-18-26(28)24-16-7-8-17-25(24)27-20-11-21-29(39-32)30(27)31/h1-21H. The third-order valence-electron chi connectivity index (χ3n) is 7.32. The monoisotopic (exact) mass is 515 g/mol. The van der Waals surface area contributed by atoms with E-state index in [9.17, 15) is 0 Å². The van der Waals surface area contributed by atoms with Gasteiger partial charge in [-0.2, -0.15) is 0 Å². The van der Waals surface area contributed by atoms with Crippen LogP contribution in [0.5, 0.6) is 0 Å². The van der Waals surface area contributed by atoms with E-state index in [1.165, 1.54) is 43.5 Å². The lowest BCUT2D eigenvalue weighted by atomic mass is 9.94. The highest BCUT2D eigenvalue weighted by Gasteiger charge is 2.27. The van der Waals surface area contributed by atoms with Crippen LogP contribution in [-0.2, 0) is 0 Å². The Labute approximate surface area is 230 Å². The van der Waals surface area contributed by atoms with E-state index in [0.717, 1.165) is 16.0 Å². The quantitative estimate of drug-likeness (QED) is 0.235. The Kier molecular flexibility index (Phi) is 5.00. The van der Waals surface area contributed by atoms with Crippen LogP contribution in [0.2, 0.25) is 0 Å². The van der Waals surface area contributed by atoms with Crippen LogP contribution in [0.15, 0.2) is 127 Å². The summed E-state index contributed by atoms with van der Waals surface area (Å²) in [5.41, 5.74) is 9.32. The molecule has 8 rings (SSSR count). The molecule has 0 amide bonds. The molecule has 3 nitrogen and oxygen atoms in total. The summed E-state index contributed by atoms with van der Waals surface area (Å²) in [4.78, 5) is 16.2. The van der Waals surface area contributed by atoms with Crippen molar-refractivity contribution in [2.45, 2.75) is 0 Å². The van der Waals surface area contributed by atoms with Crippen LogP contribution in [0.3, 0.4) is 0 Å². The number of hydrogen-bond donors (Lipinski definition) is 0. The van der Waals surface area contributed by atoms with Gasteiger partial charge in [0.25, 0.3) is 0 Å². The molecule has 0 saturated heterocycles. The molecule has 0 radical (unpaired) electrons. The molecule has 0 N–H and O–H groups in total. The second kappa shape index (κ2) is 8.83. The van der Waals surface area contributed by atoms with Gasteiger partial charge in [0.2, 0.25) is 0 Å². The summed E-state index contributed by atoms with van der Waals surface area (Å²) >= 11 is 1.76. The maximum Gasteiger partial charge on any atom is 0.174 e. The summed E-state index contributed by atoms with van der Waals surface area (Å²) in [5, 5.41) is 1.26. The van der Waals surface area contributed by atoms with Crippen molar-refractivity contribution in [3.05, 3.63) is 127 Å². The number of rotatable bonds is 3. The second-order valence-corrected chi connectivity index (χ2v) is 10.7. The molecule has 0 fully saturated rings. The molecule has 2 aromatic heterocycles. The van der Waals surface area contributed by atoms with Gasteiger partial charge in [-0.05, 0) is 33.9 Å². The maximum atomic E-state index is 5.10. The van der Waals surface area contributed by atoms with Crippen LogP contribution in [0.4, 0.5) is 0 Å². The molecule has 0 unspecified atom stereocenters. The minimum atomic E-state index is 0.675. The zero-order chi connectivity index (χ0) is 25.8.